The summed E-state index contributed by atoms with van der Waals surface area (Å²) in [4.78, 5) is 11.7. The predicted molar refractivity (Wildman–Crippen MR) is 59.6 cm³/mol. The summed E-state index contributed by atoms with van der Waals surface area (Å²) in [5.74, 6) is -0.0724. The van der Waals surface area contributed by atoms with Crippen LogP contribution in [0, 0.1) is 5.41 Å². The van der Waals surface area contributed by atoms with E-state index >= 15 is 0 Å². The molecule has 4 heteroatoms. The SMILES string of the molecule is CC(C)(C)C(=O)Cc1cccc(C(F)(F)F)c1. The van der Waals surface area contributed by atoms with E-state index in [0.29, 0.717) is 5.56 Å². The average molecular weight is 244 g/mol. The lowest BCUT2D eigenvalue weighted by Crippen LogP contribution is -2.22. The Morgan fingerprint density at radius 3 is 2.24 bits per heavy atom. The Morgan fingerprint density at radius 2 is 1.76 bits per heavy atom. The van der Waals surface area contributed by atoms with E-state index in [4.69, 9.17) is 0 Å². The van der Waals surface area contributed by atoms with Gasteiger partial charge in [-0.25, -0.2) is 0 Å². The van der Waals surface area contributed by atoms with E-state index in [1.807, 2.05) is 0 Å². The van der Waals surface area contributed by atoms with Crippen molar-refractivity contribution in [3.63, 3.8) is 0 Å². The van der Waals surface area contributed by atoms with Crippen LogP contribution in [0.3, 0.4) is 0 Å². The van der Waals surface area contributed by atoms with Crippen molar-refractivity contribution in [3.8, 4) is 0 Å². The van der Waals surface area contributed by atoms with Crippen LogP contribution in [-0.4, -0.2) is 5.78 Å². The molecule has 0 amide bonds. The Bertz CT molecular complexity index is 413. The Morgan fingerprint density at radius 1 is 1.18 bits per heavy atom. The van der Waals surface area contributed by atoms with E-state index < -0.39 is 17.2 Å². The quantitative estimate of drug-likeness (QED) is 0.772. The molecular formula is C13H15F3O. The first kappa shape index (κ1) is 13.7. The van der Waals surface area contributed by atoms with Crippen LogP contribution in [0.4, 0.5) is 13.2 Å². The Labute approximate surface area is 98.6 Å². The number of carbonyl (C=O) groups is 1. The highest BCUT2D eigenvalue weighted by Gasteiger charge is 2.30. The van der Waals surface area contributed by atoms with Crippen molar-refractivity contribution in [3.05, 3.63) is 35.4 Å². The van der Waals surface area contributed by atoms with E-state index in [0.717, 1.165) is 12.1 Å². The molecule has 1 rings (SSSR count). The average Bonchev–Trinajstić information content (AvgIpc) is 2.15. The smallest absolute Gasteiger partial charge is 0.299 e. The molecule has 1 aromatic rings. The number of ketones is 1. The number of hydrogen-bond donors (Lipinski definition) is 0. The molecule has 0 saturated carbocycles. The molecular weight excluding hydrogens is 229 g/mol. The molecule has 0 atom stereocenters. The zero-order chi connectivity index (χ0) is 13.3. The number of alkyl halides is 3. The second kappa shape index (κ2) is 4.51. The minimum absolute atomic E-state index is 0.0351. The fourth-order valence-electron chi connectivity index (χ4n) is 1.31. The summed E-state index contributed by atoms with van der Waals surface area (Å²) in [5.41, 5.74) is -0.842. The van der Waals surface area contributed by atoms with Gasteiger partial charge in [0, 0.05) is 11.8 Å². The fraction of sp³-hybridized carbons (Fsp3) is 0.462. The van der Waals surface area contributed by atoms with E-state index in [1.54, 1.807) is 26.8 Å². The van der Waals surface area contributed by atoms with E-state index in [9.17, 15) is 18.0 Å². The van der Waals surface area contributed by atoms with Gasteiger partial charge in [-0.3, -0.25) is 4.79 Å². The highest BCUT2D eigenvalue weighted by Crippen LogP contribution is 2.30. The zero-order valence-electron chi connectivity index (χ0n) is 10.1. The first-order valence-corrected chi connectivity index (χ1v) is 5.30. The first-order valence-electron chi connectivity index (χ1n) is 5.30. The van der Waals surface area contributed by atoms with Gasteiger partial charge in [0.05, 0.1) is 5.56 Å². The monoisotopic (exact) mass is 244 g/mol. The molecule has 94 valence electrons. The number of halogens is 3. The van der Waals surface area contributed by atoms with Crippen LogP contribution in [-0.2, 0) is 17.4 Å². The number of carbonyl (C=O) groups excluding carboxylic acids is 1. The third kappa shape index (κ3) is 3.88. The topological polar surface area (TPSA) is 17.1 Å². The van der Waals surface area contributed by atoms with Gasteiger partial charge in [-0.2, -0.15) is 13.2 Å². The fourth-order valence-corrected chi connectivity index (χ4v) is 1.31. The summed E-state index contributed by atoms with van der Waals surface area (Å²) in [7, 11) is 0. The highest BCUT2D eigenvalue weighted by atomic mass is 19.4. The van der Waals surface area contributed by atoms with Crippen molar-refractivity contribution in [1.29, 1.82) is 0 Å². The molecule has 0 unspecified atom stereocenters. The van der Waals surface area contributed by atoms with Gasteiger partial charge in [0.25, 0.3) is 0 Å². The number of rotatable bonds is 2. The lowest BCUT2D eigenvalue weighted by atomic mass is 9.87. The van der Waals surface area contributed by atoms with Crippen molar-refractivity contribution >= 4 is 5.78 Å². The largest absolute Gasteiger partial charge is 0.416 e. The van der Waals surface area contributed by atoms with Gasteiger partial charge < -0.3 is 0 Å². The van der Waals surface area contributed by atoms with Crippen molar-refractivity contribution in [2.75, 3.05) is 0 Å². The molecule has 0 aromatic heterocycles. The van der Waals surface area contributed by atoms with Crippen molar-refractivity contribution in [1.82, 2.24) is 0 Å². The molecule has 0 aliphatic rings. The van der Waals surface area contributed by atoms with Gasteiger partial charge in [0.15, 0.2) is 0 Å². The molecule has 0 fully saturated rings. The molecule has 0 N–H and O–H groups in total. The molecule has 0 bridgehead atoms. The molecule has 0 saturated heterocycles. The molecule has 0 spiro atoms. The van der Waals surface area contributed by atoms with Crippen LogP contribution < -0.4 is 0 Å². The third-order valence-corrected chi connectivity index (χ3v) is 2.46. The molecule has 0 aliphatic heterocycles. The van der Waals surface area contributed by atoms with Crippen LogP contribution >= 0.6 is 0 Å². The Hall–Kier alpha value is -1.32. The van der Waals surface area contributed by atoms with E-state index in [1.165, 1.54) is 6.07 Å². The van der Waals surface area contributed by atoms with Gasteiger partial charge in [0.2, 0.25) is 0 Å². The molecule has 0 radical (unpaired) electrons. The predicted octanol–water partition coefficient (Wildman–Crippen LogP) is 3.86. The van der Waals surface area contributed by atoms with Gasteiger partial charge in [-0.15, -0.1) is 0 Å². The second-order valence-corrected chi connectivity index (χ2v) is 5.05. The second-order valence-electron chi connectivity index (χ2n) is 5.05. The third-order valence-electron chi connectivity index (χ3n) is 2.46. The van der Waals surface area contributed by atoms with Crippen LogP contribution in [0.25, 0.3) is 0 Å². The lowest BCUT2D eigenvalue weighted by molar-refractivity contribution is -0.137. The van der Waals surface area contributed by atoms with E-state index in [-0.39, 0.29) is 12.2 Å². The molecule has 1 nitrogen and oxygen atoms in total. The maximum Gasteiger partial charge on any atom is 0.416 e. The standard InChI is InChI=1S/C13H15F3O/c1-12(2,3)11(17)8-9-5-4-6-10(7-9)13(14,15)16/h4-7H,8H2,1-3H3. The minimum atomic E-state index is -4.36. The molecule has 0 heterocycles. The Balaban J connectivity index is 2.91. The van der Waals surface area contributed by atoms with Crippen LogP contribution in [0.15, 0.2) is 24.3 Å². The van der Waals surface area contributed by atoms with Gasteiger partial charge >= 0.3 is 6.18 Å². The minimum Gasteiger partial charge on any atom is -0.299 e. The zero-order valence-corrected chi connectivity index (χ0v) is 10.1. The number of Topliss-reactive ketones (excluding diaryl/α,β-unsaturated/α-hetero) is 1. The summed E-state index contributed by atoms with van der Waals surface area (Å²) in [6.07, 6.45) is -4.33. The number of hydrogen-bond acceptors (Lipinski definition) is 1. The maximum atomic E-state index is 12.5. The lowest BCUT2D eigenvalue weighted by Gasteiger charge is -2.17. The number of benzene rings is 1. The van der Waals surface area contributed by atoms with E-state index in [2.05, 4.69) is 0 Å². The summed E-state index contributed by atoms with van der Waals surface area (Å²) in [6, 6.07) is 4.90. The Kier molecular flexibility index (Phi) is 3.65. The first-order chi connectivity index (χ1) is 7.60. The highest BCUT2D eigenvalue weighted by molar-refractivity contribution is 5.85. The summed E-state index contributed by atoms with van der Waals surface area (Å²) < 4.78 is 37.4. The molecule has 0 aliphatic carbocycles. The summed E-state index contributed by atoms with van der Waals surface area (Å²) in [6.45, 7) is 5.26. The van der Waals surface area contributed by atoms with Crippen LogP contribution in [0.5, 0.6) is 0 Å². The molecule has 17 heavy (non-hydrogen) atoms. The maximum absolute atomic E-state index is 12.5. The van der Waals surface area contributed by atoms with Gasteiger partial charge in [0.1, 0.15) is 5.78 Å². The van der Waals surface area contributed by atoms with Gasteiger partial charge in [-0.1, -0.05) is 39.0 Å². The normalized spacial score (nSPS) is 12.6. The van der Waals surface area contributed by atoms with Gasteiger partial charge in [-0.05, 0) is 11.6 Å². The van der Waals surface area contributed by atoms with Crippen LogP contribution in [0.1, 0.15) is 31.9 Å². The van der Waals surface area contributed by atoms with Crippen molar-refractivity contribution in [2.24, 2.45) is 5.41 Å². The summed E-state index contributed by atoms with van der Waals surface area (Å²) in [5, 5.41) is 0. The van der Waals surface area contributed by atoms with Crippen molar-refractivity contribution in [2.45, 2.75) is 33.4 Å². The summed E-state index contributed by atoms with van der Waals surface area (Å²) >= 11 is 0. The molecule has 1 aromatic carbocycles. The van der Waals surface area contributed by atoms with Crippen LogP contribution in [0.2, 0.25) is 0 Å². The van der Waals surface area contributed by atoms with Crippen molar-refractivity contribution < 1.29 is 18.0 Å².